The molecule has 0 bridgehead atoms. The third-order valence-corrected chi connectivity index (χ3v) is 6.98. The number of carbonyl (C=O) groups is 1. The summed E-state index contributed by atoms with van der Waals surface area (Å²) in [6.45, 7) is 5.09. The first kappa shape index (κ1) is 21.6. The van der Waals surface area contributed by atoms with E-state index in [-0.39, 0.29) is 11.8 Å². The van der Waals surface area contributed by atoms with Crippen molar-refractivity contribution < 1.29 is 14.4 Å². The summed E-state index contributed by atoms with van der Waals surface area (Å²) in [5.74, 6) is 1.62. The fraction of sp³-hybridized carbons (Fsp3) is 0.375. The van der Waals surface area contributed by atoms with Crippen molar-refractivity contribution in [3.8, 4) is 0 Å². The van der Waals surface area contributed by atoms with Gasteiger partial charge in [-0.1, -0.05) is 35.5 Å². The number of carbonyl (C=O) groups excluding carboxylic acids is 1. The van der Waals surface area contributed by atoms with Gasteiger partial charge in [-0.15, -0.1) is 11.8 Å². The van der Waals surface area contributed by atoms with Crippen molar-refractivity contribution in [2.24, 2.45) is 5.92 Å². The number of nitrogens with zero attached hydrogens (tertiary/aromatic N) is 3. The number of pyridine rings is 1. The highest BCUT2D eigenvalue weighted by molar-refractivity contribution is 7.98. The molecule has 0 saturated carbocycles. The largest absolute Gasteiger partial charge is 0.388 e. The molecule has 1 unspecified atom stereocenters. The summed E-state index contributed by atoms with van der Waals surface area (Å²) in [5, 5.41) is 15.4. The minimum absolute atomic E-state index is 0.00186. The standard InChI is InChI=1S/C24H27N3O3S/c1-16-21(17(2)30-26-16)15-31-23-20(9-6-12-25-23)24(29)27-13-10-19(11-14-27)22(28)18-7-4-3-5-8-18/h3-9,12,19,22,28H,10-11,13-15H2,1-2H3. The van der Waals surface area contributed by atoms with Crippen molar-refractivity contribution in [2.75, 3.05) is 13.1 Å². The Kier molecular flexibility index (Phi) is 6.73. The molecule has 162 valence electrons. The van der Waals surface area contributed by atoms with Crippen LogP contribution in [0.3, 0.4) is 0 Å². The van der Waals surface area contributed by atoms with Gasteiger partial charge in [0.15, 0.2) is 0 Å². The second kappa shape index (κ2) is 9.66. The maximum absolute atomic E-state index is 13.2. The first-order chi connectivity index (χ1) is 15.0. The average molecular weight is 438 g/mol. The van der Waals surface area contributed by atoms with Crippen molar-refractivity contribution in [1.29, 1.82) is 0 Å². The van der Waals surface area contributed by atoms with E-state index in [9.17, 15) is 9.90 Å². The Morgan fingerprint density at radius 3 is 2.61 bits per heavy atom. The molecule has 1 fully saturated rings. The molecule has 1 aliphatic rings. The lowest BCUT2D eigenvalue weighted by Gasteiger charge is -2.34. The average Bonchev–Trinajstić information content (AvgIpc) is 3.14. The zero-order valence-corrected chi connectivity index (χ0v) is 18.6. The Labute approximate surface area is 186 Å². The molecule has 1 aromatic carbocycles. The van der Waals surface area contributed by atoms with Gasteiger partial charge in [-0.2, -0.15) is 0 Å². The van der Waals surface area contributed by atoms with Crippen molar-refractivity contribution in [3.63, 3.8) is 0 Å². The first-order valence-corrected chi connectivity index (χ1v) is 11.5. The predicted molar refractivity (Wildman–Crippen MR) is 120 cm³/mol. The van der Waals surface area contributed by atoms with Crippen LogP contribution in [0.5, 0.6) is 0 Å². The molecule has 4 rings (SSSR count). The molecule has 7 heteroatoms. The lowest BCUT2D eigenvalue weighted by molar-refractivity contribution is 0.0459. The van der Waals surface area contributed by atoms with Crippen LogP contribution in [0.25, 0.3) is 0 Å². The molecule has 0 aliphatic carbocycles. The fourth-order valence-corrected chi connectivity index (χ4v) is 5.17. The summed E-state index contributed by atoms with van der Waals surface area (Å²) in [5.41, 5.74) is 3.48. The number of aliphatic hydroxyl groups is 1. The summed E-state index contributed by atoms with van der Waals surface area (Å²) in [6, 6.07) is 13.4. The smallest absolute Gasteiger partial charge is 0.256 e. The Bertz CT molecular complexity index is 1010. The highest BCUT2D eigenvalue weighted by Crippen LogP contribution is 2.32. The Hall–Kier alpha value is -2.64. The second-order valence-electron chi connectivity index (χ2n) is 7.93. The van der Waals surface area contributed by atoms with E-state index in [1.54, 1.807) is 12.3 Å². The second-order valence-corrected chi connectivity index (χ2v) is 8.90. The molecule has 6 nitrogen and oxygen atoms in total. The topological polar surface area (TPSA) is 79.5 Å². The van der Waals surface area contributed by atoms with E-state index in [4.69, 9.17) is 4.52 Å². The minimum atomic E-state index is -0.488. The Morgan fingerprint density at radius 2 is 1.94 bits per heavy atom. The molecule has 1 N–H and O–H groups in total. The summed E-state index contributed by atoms with van der Waals surface area (Å²) >= 11 is 1.53. The molecule has 1 amide bonds. The van der Waals surface area contributed by atoms with Crippen LogP contribution in [-0.2, 0) is 5.75 Å². The van der Waals surface area contributed by atoms with Crippen LogP contribution in [-0.4, -0.2) is 39.1 Å². The summed E-state index contributed by atoms with van der Waals surface area (Å²) in [7, 11) is 0. The predicted octanol–water partition coefficient (Wildman–Crippen LogP) is 4.56. The molecule has 2 aromatic heterocycles. The molecular formula is C24H27N3O3S. The fourth-order valence-electron chi connectivity index (χ4n) is 4.03. The number of aromatic nitrogens is 2. The van der Waals surface area contributed by atoms with E-state index in [1.165, 1.54) is 11.8 Å². The lowest BCUT2D eigenvalue weighted by atomic mass is 9.87. The number of aliphatic hydroxyl groups excluding tert-OH is 1. The zero-order valence-electron chi connectivity index (χ0n) is 17.8. The third kappa shape index (κ3) is 4.83. The molecule has 1 atom stereocenters. The molecule has 1 aliphatic heterocycles. The molecule has 3 aromatic rings. The quantitative estimate of drug-likeness (QED) is 0.569. The van der Waals surface area contributed by atoms with Crippen molar-refractivity contribution in [1.82, 2.24) is 15.0 Å². The number of rotatable bonds is 6. The number of hydrogen-bond acceptors (Lipinski definition) is 6. The van der Waals surface area contributed by atoms with Crippen LogP contribution in [0.4, 0.5) is 0 Å². The Balaban J connectivity index is 1.40. The van der Waals surface area contributed by atoms with Gasteiger partial charge >= 0.3 is 0 Å². The van der Waals surface area contributed by atoms with E-state index < -0.39 is 6.10 Å². The van der Waals surface area contributed by atoms with Gasteiger partial charge < -0.3 is 14.5 Å². The molecule has 31 heavy (non-hydrogen) atoms. The molecular weight excluding hydrogens is 410 g/mol. The number of benzene rings is 1. The van der Waals surface area contributed by atoms with Gasteiger partial charge in [-0.25, -0.2) is 4.98 Å². The van der Waals surface area contributed by atoms with E-state index in [0.717, 1.165) is 40.4 Å². The van der Waals surface area contributed by atoms with Gasteiger partial charge in [0.25, 0.3) is 5.91 Å². The summed E-state index contributed by atoms with van der Waals surface area (Å²) in [4.78, 5) is 19.6. The van der Waals surface area contributed by atoms with Gasteiger partial charge in [0.1, 0.15) is 10.8 Å². The number of aryl methyl sites for hydroxylation is 2. The first-order valence-electron chi connectivity index (χ1n) is 10.6. The van der Waals surface area contributed by atoms with Gasteiger partial charge in [-0.05, 0) is 50.3 Å². The molecule has 3 heterocycles. The number of amides is 1. The van der Waals surface area contributed by atoms with Crippen molar-refractivity contribution in [3.05, 3.63) is 76.8 Å². The Morgan fingerprint density at radius 1 is 1.19 bits per heavy atom. The molecule has 0 radical (unpaired) electrons. The maximum Gasteiger partial charge on any atom is 0.256 e. The van der Waals surface area contributed by atoms with Gasteiger partial charge in [0.2, 0.25) is 0 Å². The third-order valence-electron chi connectivity index (χ3n) is 5.95. The van der Waals surface area contributed by atoms with Crippen LogP contribution in [0.2, 0.25) is 0 Å². The van der Waals surface area contributed by atoms with Crippen LogP contribution in [0.1, 0.15) is 51.9 Å². The van der Waals surface area contributed by atoms with Gasteiger partial charge in [-0.3, -0.25) is 4.79 Å². The highest BCUT2D eigenvalue weighted by Gasteiger charge is 2.29. The molecule has 0 spiro atoms. The van der Waals surface area contributed by atoms with Crippen molar-refractivity contribution >= 4 is 17.7 Å². The zero-order chi connectivity index (χ0) is 21.8. The maximum atomic E-state index is 13.2. The minimum Gasteiger partial charge on any atom is -0.388 e. The summed E-state index contributed by atoms with van der Waals surface area (Å²) < 4.78 is 5.24. The van der Waals surface area contributed by atoms with Crippen LogP contribution in [0, 0.1) is 19.8 Å². The number of piperidine rings is 1. The van der Waals surface area contributed by atoms with E-state index in [1.807, 2.05) is 55.1 Å². The van der Waals surface area contributed by atoms with Crippen LogP contribution >= 0.6 is 11.8 Å². The van der Waals surface area contributed by atoms with Crippen LogP contribution < -0.4 is 0 Å². The number of likely N-dealkylation sites (tertiary alicyclic amines) is 1. The van der Waals surface area contributed by atoms with Crippen LogP contribution in [0.15, 0.2) is 58.2 Å². The monoisotopic (exact) mass is 437 g/mol. The molecule has 1 saturated heterocycles. The van der Waals surface area contributed by atoms with Crippen molar-refractivity contribution in [2.45, 2.75) is 43.6 Å². The van der Waals surface area contributed by atoms with E-state index in [2.05, 4.69) is 10.1 Å². The summed E-state index contributed by atoms with van der Waals surface area (Å²) in [6.07, 6.45) is 2.79. The lowest BCUT2D eigenvalue weighted by Crippen LogP contribution is -2.40. The highest BCUT2D eigenvalue weighted by atomic mass is 32.2. The van der Waals surface area contributed by atoms with Gasteiger partial charge in [0, 0.05) is 30.6 Å². The van der Waals surface area contributed by atoms with E-state index >= 15 is 0 Å². The number of hydrogen-bond donors (Lipinski definition) is 1. The SMILES string of the molecule is Cc1noc(C)c1CSc1ncccc1C(=O)N1CCC(C(O)c2ccccc2)CC1. The van der Waals surface area contributed by atoms with E-state index in [0.29, 0.717) is 24.4 Å². The number of thioether (sulfide) groups is 1. The van der Waals surface area contributed by atoms with Gasteiger partial charge in [0.05, 0.1) is 17.4 Å². The normalized spacial score (nSPS) is 15.8.